The number of piperidine rings is 1. The number of rotatable bonds is 7. The van der Waals surface area contributed by atoms with Crippen LogP contribution in [0.4, 0.5) is 4.79 Å². The van der Waals surface area contributed by atoms with Crippen LogP contribution in [0.15, 0.2) is 29.2 Å². The zero-order valence-corrected chi connectivity index (χ0v) is 21.9. The number of carbonyl (C=O) groups excluding carboxylic acids is 1. The summed E-state index contributed by atoms with van der Waals surface area (Å²) in [6.45, 7) is 3.24. The van der Waals surface area contributed by atoms with E-state index in [1.54, 1.807) is 33.5 Å². The van der Waals surface area contributed by atoms with E-state index in [4.69, 9.17) is 21.4 Å². The van der Waals surface area contributed by atoms with Gasteiger partial charge in [-0.1, -0.05) is 37.3 Å². The molecule has 2 saturated heterocycles. The van der Waals surface area contributed by atoms with E-state index in [2.05, 4.69) is 4.90 Å². The highest BCUT2D eigenvalue weighted by Gasteiger charge is 2.44. The van der Waals surface area contributed by atoms with Crippen molar-refractivity contribution < 1.29 is 23.1 Å². The summed E-state index contributed by atoms with van der Waals surface area (Å²) in [5.74, 6) is 0.337. The Hall–Kier alpha value is -1.39. The second kappa shape index (κ2) is 12.2. The van der Waals surface area contributed by atoms with Gasteiger partial charge in [-0.2, -0.15) is 4.31 Å². The average Bonchev–Trinajstić information content (AvgIpc) is 2.88. The van der Waals surface area contributed by atoms with Crippen LogP contribution in [0, 0.1) is 5.92 Å². The Balaban J connectivity index is 1.49. The smallest absolute Gasteiger partial charge is 0.409 e. The maximum absolute atomic E-state index is 13.9. The van der Waals surface area contributed by atoms with Crippen molar-refractivity contribution in [3.05, 3.63) is 29.3 Å². The van der Waals surface area contributed by atoms with Crippen molar-refractivity contribution >= 4 is 27.7 Å². The molecule has 3 aliphatic rings. The molecule has 0 aromatic heterocycles. The standard InChI is InChI=1S/C25H38ClN3O5S/c26-21-9-11-23(12-10-21)35(32,33)29-22(7-4-8-24(29)20-5-2-1-3-6-20)19-34-25(31)28-15-13-27(14-16-28)17-18-30/h9-12,20,22,24,30H,1-8,13-19H2/t22-,24+/m1/s1. The Morgan fingerprint density at radius 2 is 1.66 bits per heavy atom. The Labute approximate surface area is 214 Å². The van der Waals surface area contributed by atoms with Gasteiger partial charge in [0.15, 0.2) is 0 Å². The number of nitrogens with zero attached hydrogens (tertiary/aromatic N) is 3. The van der Waals surface area contributed by atoms with Gasteiger partial charge in [0, 0.05) is 43.8 Å². The first kappa shape index (κ1) is 26.7. The van der Waals surface area contributed by atoms with Crippen LogP contribution in [0.25, 0.3) is 0 Å². The van der Waals surface area contributed by atoms with E-state index < -0.39 is 16.1 Å². The summed E-state index contributed by atoms with van der Waals surface area (Å²) in [6.07, 6.45) is 7.62. The van der Waals surface area contributed by atoms with Crippen molar-refractivity contribution in [1.82, 2.24) is 14.1 Å². The van der Waals surface area contributed by atoms with Crippen LogP contribution in [0.3, 0.4) is 0 Å². The summed E-state index contributed by atoms with van der Waals surface area (Å²) in [6, 6.07) is 5.91. The second-order valence-corrected chi connectivity index (χ2v) is 12.2. The molecule has 8 nitrogen and oxygen atoms in total. The Morgan fingerprint density at radius 1 is 0.971 bits per heavy atom. The van der Waals surface area contributed by atoms with E-state index in [1.165, 1.54) is 6.42 Å². The van der Waals surface area contributed by atoms with Gasteiger partial charge in [0.25, 0.3) is 0 Å². The molecule has 1 N–H and O–H groups in total. The lowest BCUT2D eigenvalue weighted by atomic mass is 9.80. The number of aliphatic hydroxyl groups is 1. The lowest BCUT2D eigenvalue weighted by molar-refractivity contribution is 0.0357. The molecule has 1 amide bonds. The summed E-state index contributed by atoms with van der Waals surface area (Å²) in [4.78, 5) is 16.8. The molecule has 2 atom stereocenters. The highest BCUT2D eigenvalue weighted by Crippen LogP contribution is 2.39. The van der Waals surface area contributed by atoms with E-state index in [9.17, 15) is 13.2 Å². The largest absolute Gasteiger partial charge is 0.448 e. The fourth-order valence-electron chi connectivity index (χ4n) is 5.86. The van der Waals surface area contributed by atoms with Crippen molar-refractivity contribution in [2.75, 3.05) is 45.9 Å². The maximum atomic E-state index is 13.9. The van der Waals surface area contributed by atoms with E-state index in [0.29, 0.717) is 50.1 Å². The zero-order chi connectivity index (χ0) is 24.8. The number of benzene rings is 1. The quantitative estimate of drug-likeness (QED) is 0.583. The highest BCUT2D eigenvalue weighted by molar-refractivity contribution is 7.89. The number of sulfonamides is 1. The van der Waals surface area contributed by atoms with Crippen molar-refractivity contribution in [1.29, 1.82) is 0 Å². The number of piperazine rings is 1. The van der Waals surface area contributed by atoms with Crippen LogP contribution in [0.5, 0.6) is 0 Å². The highest BCUT2D eigenvalue weighted by atomic mass is 35.5. The zero-order valence-electron chi connectivity index (χ0n) is 20.4. The third-order valence-corrected chi connectivity index (χ3v) is 10.00. The molecular weight excluding hydrogens is 490 g/mol. The van der Waals surface area contributed by atoms with Gasteiger partial charge < -0.3 is 14.7 Å². The third kappa shape index (κ3) is 6.49. The van der Waals surface area contributed by atoms with E-state index in [-0.39, 0.29) is 30.2 Å². The summed E-state index contributed by atoms with van der Waals surface area (Å²) in [5.41, 5.74) is 0. The Kier molecular flexibility index (Phi) is 9.32. The predicted molar refractivity (Wildman–Crippen MR) is 135 cm³/mol. The van der Waals surface area contributed by atoms with Gasteiger partial charge in [0.1, 0.15) is 6.61 Å². The van der Waals surface area contributed by atoms with Crippen molar-refractivity contribution in [2.24, 2.45) is 5.92 Å². The molecule has 1 aliphatic carbocycles. The summed E-state index contributed by atoms with van der Waals surface area (Å²) < 4.78 is 35.2. The van der Waals surface area contributed by atoms with Gasteiger partial charge in [0.05, 0.1) is 17.5 Å². The fraction of sp³-hybridized carbons (Fsp3) is 0.720. The molecule has 3 fully saturated rings. The molecule has 35 heavy (non-hydrogen) atoms. The van der Waals surface area contributed by atoms with Crippen LogP contribution >= 0.6 is 11.6 Å². The van der Waals surface area contributed by atoms with Crippen LogP contribution < -0.4 is 0 Å². The van der Waals surface area contributed by atoms with Crippen molar-refractivity contribution in [2.45, 2.75) is 68.3 Å². The summed E-state index contributed by atoms with van der Waals surface area (Å²) >= 11 is 6.03. The molecule has 10 heteroatoms. The van der Waals surface area contributed by atoms with Gasteiger partial charge in [-0.05, 0) is 55.9 Å². The predicted octanol–water partition coefficient (Wildman–Crippen LogP) is 3.58. The lowest BCUT2D eigenvalue weighted by Gasteiger charge is -2.45. The molecule has 0 radical (unpaired) electrons. The number of halogens is 1. The fourth-order valence-corrected chi connectivity index (χ4v) is 7.91. The molecule has 1 aromatic carbocycles. The lowest BCUT2D eigenvalue weighted by Crippen LogP contribution is -2.55. The van der Waals surface area contributed by atoms with Crippen LogP contribution in [-0.2, 0) is 14.8 Å². The van der Waals surface area contributed by atoms with E-state index in [0.717, 1.165) is 38.5 Å². The van der Waals surface area contributed by atoms with E-state index >= 15 is 0 Å². The minimum atomic E-state index is -3.77. The summed E-state index contributed by atoms with van der Waals surface area (Å²) in [5, 5.41) is 9.61. The molecule has 2 aliphatic heterocycles. The van der Waals surface area contributed by atoms with Gasteiger partial charge >= 0.3 is 6.09 Å². The van der Waals surface area contributed by atoms with Crippen molar-refractivity contribution in [3.63, 3.8) is 0 Å². The van der Waals surface area contributed by atoms with Gasteiger partial charge in [-0.15, -0.1) is 0 Å². The minimum absolute atomic E-state index is 0.0612. The minimum Gasteiger partial charge on any atom is -0.448 e. The molecular formula is C25H38ClN3O5S. The maximum Gasteiger partial charge on any atom is 0.409 e. The normalized spacial score (nSPS) is 25.5. The molecule has 196 valence electrons. The first-order valence-electron chi connectivity index (χ1n) is 12.9. The number of hydrogen-bond donors (Lipinski definition) is 1. The second-order valence-electron chi connectivity index (χ2n) is 9.97. The number of amides is 1. The molecule has 4 rings (SSSR count). The SMILES string of the molecule is O=C(OC[C@H]1CCC[C@@H](C2CCCCC2)N1S(=O)(=O)c1ccc(Cl)cc1)N1CCN(CCO)CC1. The van der Waals surface area contributed by atoms with Crippen molar-refractivity contribution in [3.8, 4) is 0 Å². The number of aliphatic hydroxyl groups excluding tert-OH is 1. The number of hydrogen-bond acceptors (Lipinski definition) is 6. The van der Waals surface area contributed by atoms with Gasteiger partial charge in [-0.3, -0.25) is 4.90 Å². The molecule has 0 bridgehead atoms. The van der Waals surface area contributed by atoms with Crippen LogP contribution in [-0.4, -0.2) is 91.7 Å². The first-order chi connectivity index (χ1) is 16.9. The average molecular weight is 528 g/mol. The topological polar surface area (TPSA) is 90.4 Å². The first-order valence-corrected chi connectivity index (χ1v) is 14.8. The van der Waals surface area contributed by atoms with Gasteiger partial charge in [0.2, 0.25) is 10.0 Å². The monoisotopic (exact) mass is 527 g/mol. The van der Waals surface area contributed by atoms with Crippen LogP contribution in [0.2, 0.25) is 5.02 Å². The molecule has 0 unspecified atom stereocenters. The van der Waals surface area contributed by atoms with Gasteiger partial charge in [-0.25, -0.2) is 13.2 Å². The number of β-amino-alcohol motifs (C(OH)–C–C–N with tert-alkyl or cyclic N) is 1. The number of ether oxygens (including phenoxy) is 1. The molecule has 0 spiro atoms. The van der Waals surface area contributed by atoms with E-state index in [1.807, 2.05) is 0 Å². The molecule has 1 aromatic rings. The third-order valence-electron chi connectivity index (χ3n) is 7.75. The Bertz CT molecular complexity index is 931. The van der Waals surface area contributed by atoms with Crippen LogP contribution in [0.1, 0.15) is 51.4 Å². The Morgan fingerprint density at radius 3 is 2.31 bits per heavy atom. The number of carbonyl (C=O) groups is 1. The molecule has 1 saturated carbocycles. The summed E-state index contributed by atoms with van der Waals surface area (Å²) in [7, 11) is -3.77. The molecule has 2 heterocycles.